The highest BCUT2D eigenvalue weighted by atomic mass is 16.5. The summed E-state index contributed by atoms with van der Waals surface area (Å²) in [5, 5.41) is 0. The van der Waals surface area contributed by atoms with Crippen molar-refractivity contribution in [1.29, 1.82) is 0 Å². The fourth-order valence-corrected chi connectivity index (χ4v) is 5.14. The maximum absolute atomic E-state index is 12.3. The monoisotopic (exact) mass is 264 g/mol. The molecule has 0 aliphatic heterocycles. The lowest BCUT2D eigenvalue weighted by atomic mass is 9.85. The topological polar surface area (TPSA) is 26.3 Å². The van der Waals surface area contributed by atoms with Gasteiger partial charge in [0.25, 0.3) is 0 Å². The molecule has 1 aromatic rings. The molecule has 0 N–H and O–H groups in total. The van der Waals surface area contributed by atoms with Gasteiger partial charge in [0.15, 0.2) is 0 Å². The average Bonchev–Trinajstić information content (AvgIpc) is 2.86. The first kappa shape index (κ1) is 10.9. The molecule has 0 radical (unpaired) electrons. The predicted octanol–water partition coefficient (Wildman–Crippen LogP) is 3.22. The second kappa shape index (κ2) is 3.43. The van der Waals surface area contributed by atoms with E-state index in [1.54, 1.807) is 0 Å². The highest BCUT2D eigenvalue weighted by Gasteiger charge is 2.79. The smallest absolute Gasteiger partial charge is 0.338 e. The van der Waals surface area contributed by atoms with Crippen molar-refractivity contribution in [3.8, 4) is 0 Å². The normalized spacial score (nSPS) is 45.3. The van der Waals surface area contributed by atoms with Crippen LogP contribution in [0.4, 0.5) is 0 Å². The van der Waals surface area contributed by atoms with Gasteiger partial charge in [-0.15, -0.1) is 0 Å². The molecule has 2 fully saturated rings. The second-order valence-electron chi connectivity index (χ2n) is 6.52. The zero-order chi connectivity index (χ0) is 13.3. The largest absolute Gasteiger partial charge is 0.454 e. The van der Waals surface area contributed by atoms with E-state index in [2.05, 4.69) is 24.3 Å². The Morgan fingerprint density at radius 3 is 2.80 bits per heavy atom. The molecule has 4 aliphatic carbocycles. The molecule has 2 bridgehead atoms. The molecule has 0 saturated heterocycles. The van der Waals surface area contributed by atoms with E-state index in [4.69, 9.17) is 4.74 Å². The van der Waals surface area contributed by atoms with Crippen LogP contribution in [0.2, 0.25) is 0 Å². The van der Waals surface area contributed by atoms with Crippen LogP contribution < -0.4 is 0 Å². The first-order valence-electron chi connectivity index (χ1n) is 7.44. The van der Waals surface area contributed by atoms with Crippen LogP contribution in [0.25, 0.3) is 0 Å². The molecule has 2 heteroatoms. The summed E-state index contributed by atoms with van der Waals surface area (Å²) in [5.74, 6) is 2.54. The van der Waals surface area contributed by atoms with Gasteiger partial charge in [0.1, 0.15) is 6.10 Å². The number of hydrogen-bond acceptors (Lipinski definition) is 2. The van der Waals surface area contributed by atoms with Crippen LogP contribution >= 0.6 is 0 Å². The van der Waals surface area contributed by atoms with Gasteiger partial charge in [0, 0.05) is 5.41 Å². The number of benzene rings is 1. The lowest BCUT2D eigenvalue weighted by Crippen LogP contribution is -2.30. The van der Waals surface area contributed by atoms with E-state index in [-0.39, 0.29) is 17.5 Å². The summed E-state index contributed by atoms with van der Waals surface area (Å²) in [4.78, 5) is 12.3. The Balaban J connectivity index is 1.42. The summed E-state index contributed by atoms with van der Waals surface area (Å²) in [6.45, 7) is 0. The molecular formula is C18H16O2. The van der Waals surface area contributed by atoms with E-state index < -0.39 is 0 Å². The fourth-order valence-electron chi connectivity index (χ4n) is 5.14. The van der Waals surface area contributed by atoms with Crippen LogP contribution in [0.5, 0.6) is 0 Å². The average molecular weight is 264 g/mol. The molecule has 4 aliphatic rings. The summed E-state index contributed by atoms with van der Waals surface area (Å²) in [6.07, 6.45) is 10.4. The molecule has 0 aromatic heterocycles. The van der Waals surface area contributed by atoms with Crippen LogP contribution in [0.3, 0.4) is 0 Å². The Morgan fingerprint density at radius 2 is 1.95 bits per heavy atom. The van der Waals surface area contributed by atoms with Crippen molar-refractivity contribution in [2.75, 3.05) is 0 Å². The lowest BCUT2D eigenvalue weighted by molar-refractivity contribution is 0.0180. The summed E-state index contributed by atoms with van der Waals surface area (Å²) < 4.78 is 5.85. The zero-order valence-electron chi connectivity index (χ0n) is 11.1. The van der Waals surface area contributed by atoms with Gasteiger partial charge in [-0.3, -0.25) is 0 Å². The van der Waals surface area contributed by atoms with Crippen LogP contribution in [-0.2, 0) is 4.74 Å². The molecule has 0 heterocycles. The first-order chi connectivity index (χ1) is 9.81. The minimum Gasteiger partial charge on any atom is -0.454 e. The summed E-state index contributed by atoms with van der Waals surface area (Å²) in [7, 11) is 0. The number of fused-ring (bicyclic) bond motifs is 4. The highest BCUT2D eigenvalue weighted by molar-refractivity contribution is 5.89. The van der Waals surface area contributed by atoms with Crippen molar-refractivity contribution >= 4 is 5.97 Å². The van der Waals surface area contributed by atoms with E-state index in [0.717, 1.165) is 11.8 Å². The van der Waals surface area contributed by atoms with Crippen LogP contribution in [0, 0.1) is 29.1 Å². The number of esters is 1. The molecule has 0 amide bonds. The van der Waals surface area contributed by atoms with E-state index >= 15 is 0 Å². The molecular weight excluding hydrogens is 248 g/mol. The van der Waals surface area contributed by atoms with Gasteiger partial charge >= 0.3 is 5.97 Å². The Hall–Kier alpha value is -1.83. The number of hydrogen-bond donors (Lipinski definition) is 0. The number of ether oxygens (including phenoxy) is 1. The number of rotatable bonds is 2. The van der Waals surface area contributed by atoms with E-state index in [9.17, 15) is 4.79 Å². The van der Waals surface area contributed by atoms with Crippen molar-refractivity contribution in [3.63, 3.8) is 0 Å². The molecule has 20 heavy (non-hydrogen) atoms. The van der Waals surface area contributed by atoms with Gasteiger partial charge in [-0.05, 0) is 48.3 Å². The van der Waals surface area contributed by atoms with Gasteiger partial charge in [0.05, 0.1) is 5.56 Å². The minimum atomic E-state index is -0.187. The maximum atomic E-state index is 12.3. The van der Waals surface area contributed by atoms with Crippen LogP contribution in [-0.4, -0.2) is 12.1 Å². The molecule has 100 valence electrons. The second-order valence-corrected chi connectivity index (χ2v) is 6.52. The SMILES string of the molecule is O=C(O[C@@H]1C=CC2[C@H]3C4C=CC(C4)[C@]231)c1ccccc1. The van der Waals surface area contributed by atoms with Gasteiger partial charge in [-0.2, -0.15) is 0 Å². The first-order valence-corrected chi connectivity index (χ1v) is 7.44. The van der Waals surface area contributed by atoms with Crippen molar-refractivity contribution in [2.24, 2.45) is 29.1 Å². The molecule has 2 saturated carbocycles. The molecule has 2 nitrogen and oxygen atoms in total. The Labute approximate surface area is 118 Å². The Bertz CT molecular complexity index is 645. The molecule has 6 atom stereocenters. The van der Waals surface area contributed by atoms with Crippen LogP contribution in [0.15, 0.2) is 54.6 Å². The molecule has 1 aromatic carbocycles. The van der Waals surface area contributed by atoms with Crippen molar-refractivity contribution in [2.45, 2.75) is 12.5 Å². The Kier molecular flexibility index (Phi) is 1.87. The summed E-state index contributed by atoms with van der Waals surface area (Å²) in [5.41, 5.74) is 0.876. The predicted molar refractivity (Wildman–Crippen MR) is 74.9 cm³/mol. The molecule has 5 rings (SSSR count). The standard InChI is InChI=1S/C18H16O2/c19-17(11-4-2-1-3-5-11)20-15-9-8-14-16-12-6-7-13(10-12)18(14,15)16/h1-9,12-16H,10H2/t12?,13?,14?,15-,16-,18-/m1/s1. The fraction of sp³-hybridized carbons (Fsp3) is 0.389. The van der Waals surface area contributed by atoms with Crippen molar-refractivity contribution in [1.82, 2.24) is 0 Å². The summed E-state index contributed by atoms with van der Waals surface area (Å²) in [6, 6.07) is 9.31. The maximum Gasteiger partial charge on any atom is 0.338 e. The highest BCUT2D eigenvalue weighted by Crippen LogP contribution is 2.80. The van der Waals surface area contributed by atoms with Crippen molar-refractivity contribution < 1.29 is 9.53 Å². The van der Waals surface area contributed by atoms with Gasteiger partial charge in [0.2, 0.25) is 0 Å². The molecule has 1 spiro atoms. The Morgan fingerprint density at radius 1 is 1.10 bits per heavy atom. The quantitative estimate of drug-likeness (QED) is 0.605. The third-order valence-corrected chi connectivity index (χ3v) is 5.88. The van der Waals surface area contributed by atoms with E-state index in [1.807, 2.05) is 30.3 Å². The van der Waals surface area contributed by atoms with E-state index in [1.165, 1.54) is 6.42 Å². The van der Waals surface area contributed by atoms with Gasteiger partial charge in [-0.25, -0.2) is 4.79 Å². The summed E-state index contributed by atoms with van der Waals surface area (Å²) >= 11 is 0. The minimum absolute atomic E-state index is 0.0230. The third-order valence-electron chi connectivity index (χ3n) is 5.88. The zero-order valence-corrected chi connectivity index (χ0v) is 11.1. The van der Waals surface area contributed by atoms with Gasteiger partial charge in [-0.1, -0.05) is 36.4 Å². The van der Waals surface area contributed by atoms with Gasteiger partial charge < -0.3 is 4.74 Å². The number of carbonyl (C=O) groups excluding carboxylic acids is 1. The number of carbonyl (C=O) groups is 1. The number of allylic oxidation sites excluding steroid dienone is 3. The molecule has 3 unspecified atom stereocenters. The van der Waals surface area contributed by atoms with Crippen LogP contribution in [0.1, 0.15) is 16.8 Å². The van der Waals surface area contributed by atoms with E-state index in [0.29, 0.717) is 17.4 Å². The third kappa shape index (κ3) is 1.10. The van der Waals surface area contributed by atoms with Crippen molar-refractivity contribution in [3.05, 3.63) is 60.2 Å². The lowest BCUT2D eigenvalue weighted by Gasteiger charge is -2.26.